The minimum Gasteiger partial charge on any atom is -0.469 e. The van der Waals surface area contributed by atoms with Crippen molar-refractivity contribution < 1.29 is 4.42 Å². The van der Waals surface area contributed by atoms with Crippen molar-refractivity contribution in [2.75, 3.05) is 5.32 Å². The molecule has 1 unspecified atom stereocenters. The van der Waals surface area contributed by atoms with Crippen molar-refractivity contribution in [2.45, 2.75) is 25.3 Å². The van der Waals surface area contributed by atoms with Gasteiger partial charge in [-0.15, -0.1) is 0 Å². The average molecular weight is 217 g/mol. The molecular formula is C12H15N3O. The molecule has 0 fully saturated rings. The van der Waals surface area contributed by atoms with Crippen LogP contribution in [0, 0.1) is 0 Å². The molecule has 0 saturated heterocycles. The summed E-state index contributed by atoms with van der Waals surface area (Å²) in [4.78, 5) is 0. The maximum absolute atomic E-state index is 5.47. The SMILES string of the molecule is Cn1cc(NC2CCCc3occc32)cn1. The molecule has 2 aromatic rings. The summed E-state index contributed by atoms with van der Waals surface area (Å²) in [5.41, 5.74) is 2.37. The Hall–Kier alpha value is -1.71. The lowest BCUT2D eigenvalue weighted by Crippen LogP contribution is -2.15. The molecular weight excluding hydrogens is 202 g/mol. The van der Waals surface area contributed by atoms with E-state index in [2.05, 4.69) is 16.5 Å². The molecule has 0 bridgehead atoms. The number of anilines is 1. The molecule has 1 atom stereocenters. The number of aromatic nitrogens is 2. The number of aryl methyl sites for hydroxylation is 2. The van der Waals surface area contributed by atoms with Crippen molar-refractivity contribution in [3.05, 3.63) is 36.0 Å². The number of nitrogens with one attached hydrogen (secondary N) is 1. The van der Waals surface area contributed by atoms with Crippen LogP contribution < -0.4 is 5.32 Å². The van der Waals surface area contributed by atoms with Gasteiger partial charge in [-0.1, -0.05) is 0 Å². The van der Waals surface area contributed by atoms with Crippen LogP contribution in [0.3, 0.4) is 0 Å². The number of rotatable bonds is 2. The molecule has 4 heteroatoms. The van der Waals surface area contributed by atoms with Crippen LogP contribution in [-0.4, -0.2) is 9.78 Å². The van der Waals surface area contributed by atoms with Crippen LogP contribution in [0.25, 0.3) is 0 Å². The first-order valence-corrected chi connectivity index (χ1v) is 5.64. The summed E-state index contributed by atoms with van der Waals surface area (Å²) < 4.78 is 7.28. The van der Waals surface area contributed by atoms with Crippen LogP contribution in [0.4, 0.5) is 5.69 Å². The summed E-state index contributed by atoms with van der Waals surface area (Å²) in [6.45, 7) is 0. The van der Waals surface area contributed by atoms with Crippen molar-refractivity contribution in [1.29, 1.82) is 0 Å². The first-order chi connectivity index (χ1) is 7.83. The summed E-state index contributed by atoms with van der Waals surface area (Å²) in [6, 6.07) is 2.44. The van der Waals surface area contributed by atoms with E-state index >= 15 is 0 Å². The standard InChI is InChI=1S/C12H15N3O/c1-15-8-9(7-13-15)14-11-3-2-4-12-10(11)5-6-16-12/h5-8,11,14H,2-4H2,1H3. The van der Waals surface area contributed by atoms with E-state index in [1.807, 2.05) is 19.4 Å². The first kappa shape index (κ1) is 9.51. The third-order valence-electron chi connectivity index (χ3n) is 3.10. The zero-order valence-corrected chi connectivity index (χ0v) is 9.31. The maximum Gasteiger partial charge on any atom is 0.109 e. The van der Waals surface area contributed by atoms with Crippen LogP contribution in [0.1, 0.15) is 30.2 Å². The third-order valence-corrected chi connectivity index (χ3v) is 3.10. The van der Waals surface area contributed by atoms with E-state index in [-0.39, 0.29) is 0 Å². The van der Waals surface area contributed by atoms with Crippen LogP contribution in [0.5, 0.6) is 0 Å². The molecule has 0 aromatic carbocycles. The minimum absolute atomic E-state index is 0.367. The zero-order chi connectivity index (χ0) is 11.0. The number of hydrogen-bond acceptors (Lipinski definition) is 3. The molecule has 84 valence electrons. The lowest BCUT2D eigenvalue weighted by Gasteiger charge is -2.22. The van der Waals surface area contributed by atoms with Gasteiger partial charge in [-0.3, -0.25) is 4.68 Å². The topological polar surface area (TPSA) is 43.0 Å². The molecule has 2 heterocycles. The number of nitrogens with zero attached hydrogens (tertiary/aromatic N) is 2. The summed E-state index contributed by atoms with van der Waals surface area (Å²) in [5, 5.41) is 7.66. The monoisotopic (exact) mass is 217 g/mol. The van der Waals surface area contributed by atoms with E-state index in [4.69, 9.17) is 4.42 Å². The number of furan rings is 1. The molecule has 0 saturated carbocycles. The molecule has 1 N–H and O–H groups in total. The first-order valence-electron chi connectivity index (χ1n) is 5.64. The van der Waals surface area contributed by atoms with Crippen LogP contribution >= 0.6 is 0 Å². The van der Waals surface area contributed by atoms with Gasteiger partial charge in [-0.25, -0.2) is 0 Å². The van der Waals surface area contributed by atoms with Gasteiger partial charge in [0.2, 0.25) is 0 Å². The lowest BCUT2D eigenvalue weighted by atomic mass is 9.93. The van der Waals surface area contributed by atoms with E-state index < -0.39 is 0 Å². The Morgan fingerprint density at radius 2 is 2.50 bits per heavy atom. The molecule has 1 aliphatic rings. The third kappa shape index (κ3) is 1.60. The molecule has 16 heavy (non-hydrogen) atoms. The quantitative estimate of drug-likeness (QED) is 0.840. The summed E-state index contributed by atoms with van der Waals surface area (Å²) >= 11 is 0. The summed E-state index contributed by atoms with van der Waals surface area (Å²) in [7, 11) is 1.93. The maximum atomic E-state index is 5.47. The smallest absolute Gasteiger partial charge is 0.109 e. The predicted octanol–water partition coefficient (Wildman–Crippen LogP) is 2.50. The Labute approximate surface area is 94.3 Å². The fourth-order valence-corrected chi connectivity index (χ4v) is 2.33. The minimum atomic E-state index is 0.367. The lowest BCUT2D eigenvalue weighted by molar-refractivity contribution is 0.461. The Bertz CT molecular complexity index is 486. The van der Waals surface area contributed by atoms with Gasteiger partial charge in [-0.2, -0.15) is 5.10 Å². The van der Waals surface area contributed by atoms with Gasteiger partial charge in [0.1, 0.15) is 5.76 Å². The van der Waals surface area contributed by atoms with Crippen molar-refractivity contribution in [2.24, 2.45) is 7.05 Å². The van der Waals surface area contributed by atoms with E-state index in [1.54, 1.807) is 10.9 Å². The Morgan fingerprint density at radius 3 is 3.31 bits per heavy atom. The van der Waals surface area contributed by atoms with Gasteiger partial charge in [0, 0.05) is 25.2 Å². The fourth-order valence-electron chi connectivity index (χ4n) is 2.33. The highest BCUT2D eigenvalue weighted by molar-refractivity contribution is 5.42. The highest BCUT2D eigenvalue weighted by atomic mass is 16.3. The second-order valence-electron chi connectivity index (χ2n) is 4.29. The molecule has 0 amide bonds. The molecule has 4 nitrogen and oxygen atoms in total. The van der Waals surface area contributed by atoms with E-state index in [0.717, 1.165) is 24.3 Å². The Balaban J connectivity index is 1.82. The van der Waals surface area contributed by atoms with E-state index in [0.29, 0.717) is 6.04 Å². The second-order valence-corrected chi connectivity index (χ2v) is 4.29. The Morgan fingerprint density at radius 1 is 1.56 bits per heavy atom. The van der Waals surface area contributed by atoms with Crippen molar-refractivity contribution in [3.8, 4) is 0 Å². The van der Waals surface area contributed by atoms with Crippen molar-refractivity contribution >= 4 is 5.69 Å². The molecule has 0 aliphatic heterocycles. The van der Waals surface area contributed by atoms with E-state index in [1.165, 1.54) is 12.0 Å². The van der Waals surface area contributed by atoms with Crippen LogP contribution in [0.15, 0.2) is 29.1 Å². The summed E-state index contributed by atoms with van der Waals surface area (Å²) in [6.07, 6.45) is 9.03. The zero-order valence-electron chi connectivity index (χ0n) is 9.31. The molecule has 0 spiro atoms. The van der Waals surface area contributed by atoms with Gasteiger partial charge in [0.25, 0.3) is 0 Å². The molecule has 0 radical (unpaired) electrons. The Kier molecular flexibility index (Phi) is 2.20. The van der Waals surface area contributed by atoms with Crippen LogP contribution in [-0.2, 0) is 13.5 Å². The van der Waals surface area contributed by atoms with Crippen molar-refractivity contribution in [1.82, 2.24) is 9.78 Å². The number of fused-ring (bicyclic) bond motifs is 1. The van der Waals surface area contributed by atoms with Gasteiger partial charge in [0.05, 0.1) is 24.2 Å². The molecule has 3 rings (SSSR count). The molecule has 2 aromatic heterocycles. The number of hydrogen-bond donors (Lipinski definition) is 1. The average Bonchev–Trinajstić information content (AvgIpc) is 2.87. The van der Waals surface area contributed by atoms with Gasteiger partial charge >= 0.3 is 0 Å². The fraction of sp³-hybridized carbons (Fsp3) is 0.417. The normalized spacial score (nSPS) is 19.4. The van der Waals surface area contributed by atoms with Gasteiger partial charge < -0.3 is 9.73 Å². The van der Waals surface area contributed by atoms with Crippen LogP contribution in [0.2, 0.25) is 0 Å². The second kappa shape index (κ2) is 3.70. The largest absolute Gasteiger partial charge is 0.469 e. The van der Waals surface area contributed by atoms with Gasteiger partial charge in [0.15, 0.2) is 0 Å². The van der Waals surface area contributed by atoms with Gasteiger partial charge in [-0.05, 0) is 18.9 Å². The van der Waals surface area contributed by atoms with E-state index in [9.17, 15) is 0 Å². The summed E-state index contributed by atoms with van der Waals surface area (Å²) in [5.74, 6) is 1.13. The van der Waals surface area contributed by atoms with Crippen molar-refractivity contribution in [3.63, 3.8) is 0 Å². The predicted molar refractivity (Wildman–Crippen MR) is 61.2 cm³/mol. The highest BCUT2D eigenvalue weighted by Gasteiger charge is 2.22. The molecule has 1 aliphatic carbocycles. The highest BCUT2D eigenvalue weighted by Crippen LogP contribution is 2.32.